The smallest absolute Gasteiger partial charge is 0.408 e. The number of nitrogens with zero attached hydrogens (tertiary/aromatic N) is 1. The minimum Gasteiger partial charge on any atom is -0.444 e. The maximum absolute atomic E-state index is 14.1. The SMILES string of the molecule is CCCC(C)NC(=O)C(c1cccc(C)c1)N(C(=O)C(NC(=O)OC(C)(C)C)C(C)C)C1CC1C. The molecule has 0 aliphatic heterocycles. The molecule has 5 unspecified atom stereocenters. The summed E-state index contributed by atoms with van der Waals surface area (Å²) in [5.41, 5.74) is 1.11. The van der Waals surface area contributed by atoms with Crippen molar-refractivity contribution in [3.8, 4) is 0 Å². The molecule has 1 fully saturated rings. The highest BCUT2D eigenvalue weighted by Crippen LogP contribution is 2.41. The van der Waals surface area contributed by atoms with Crippen molar-refractivity contribution in [2.45, 2.75) is 111 Å². The summed E-state index contributed by atoms with van der Waals surface area (Å²) in [4.78, 5) is 42.1. The van der Waals surface area contributed by atoms with E-state index in [0.29, 0.717) is 0 Å². The summed E-state index contributed by atoms with van der Waals surface area (Å²) in [6, 6.07) is 6.10. The quantitative estimate of drug-likeness (QED) is 0.479. The second-order valence-electron chi connectivity index (χ2n) is 11.4. The summed E-state index contributed by atoms with van der Waals surface area (Å²) in [5, 5.41) is 5.91. The molecule has 1 aliphatic rings. The molecule has 0 bridgehead atoms. The highest BCUT2D eigenvalue weighted by Gasteiger charge is 2.48. The molecular formula is C28H45N3O4. The van der Waals surface area contributed by atoms with Gasteiger partial charge in [-0.25, -0.2) is 4.79 Å². The Morgan fingerprint density at radius 3 is 2.26 bits per heavy atom. The fourth-order valence-electron chi connectivity index (χ4n) is 4.39. The average Bonchev–Trinajstić information content (AvgIpc) is 3.43. The van der Waals surface area contributed by atoms with Crippen molar-refractivity contribution >= 4 is 17.9 Å². The lowest BCUT2D eigenvalue weighted by atomic mass is 9.97. The maximum Gasteiger partial charge on any atom is 0.408 e. The van der Waals surface area contributed by atoms with Crippen molar-refractivity contribution in [2.24, 2.45) is 11.8 Å². The van der Waals surface area contributed by atoms with Crippen LogP contribution in [-0.4, -0.2) is 46.5 Å². The number of amides is 3. The van der Waals surface area contributed by atoms with Crippen molar-refractivity contribution in [2.75, 3.05) is 0 Å². The average molecular weight is 488 g/mol. The molecule has 3 amide bonds. The van der Waals surface area contributed by atoms with Crippen molar-refractivity contribution in [3.05, 3.63) is 35.4 Å². The predicted molar refractivity (Wildman–Crippen MR) is 139 cm³/mol. The Morgan fingerprint density at radius 2 is 1.77 bits per heavy atom. The first-order valence-corrected chi connectivity index (χ1v) is 12.9. The predicted octanol–water partition coefficient (Wildman–Crippen LogP) is 5.13. The minimum absolute atomic E-state index is 0.00540. The lowest BCUT2D eigenvalue weighted by Crippen LogP contribution is -2.56. The summed E-state index contributed by atoms with van der Waals surface area (Å²) in [6.45, 7) is 17.3. The van der Waals surface area contributed by atoms with Crippen molar-refractivity contribution < 1.29 is 19.1 Å². The van der Waals surface area contributed by atoms with Crippen LogP contribution in [0.15, 0.2) is 24.3 Å². The molecule has 1 aromatic rings. The van der Waals surface area contributed by atoms with Gasteiger partial charge < -0.3 is 20.3 Å². The number of alkyl carbamates (subject to hydrolysis) is 1. The number of nitrogens with one attached hydrogen (secondary N) is 2. The van der Waals surface area contributed by atoms with Crippen molar-refractivity contribution in [1.82, 2.24) is 15.5 Å². The molecule has 7 nitrogen and oxygen atoms in total. The van der Waals surface area contributed by atoms with E-state index in [1.165, 1.54) is 0 Å². The van der Waals surface area contributed by atoms with E-state index in [1.807, 2.05) is 52.0 Å². The number of carbonyl (C=O) groups is 3. The molecule has 0 radical (unpaired) electrons. The van der Waals surface area contributed by atoms with Crippen LogP contribution in [0.2, 0.25) is 0 Å². The molecule has 1 saturated carbocycles. The fourth-order valence-corrected chi connectivity index (χ4v) is 4.39. The van der Waals surface area contributed by atoms with E-state index in [4.69, 9.17) is 4.74 Å². The molecule has 35 heavy (non-hydrogen) atoms. The fraction of sp³-hybridized carbons (Fsp3) is 0.679. The number of aryl methyl sites for hydroxylation is 1. The number of rotatable bonds is 10. The van der Waals surface area contributed by atoms with E-state index in [1.54, 1.807) is 25.7 Å². The maximum atomic E-state index is 14.1. The second kappa shape index (κ2) is 11.9. The number of benzene rings is 1. The molecule has 7 heteroatoms. The Morgan fingerprint density at radius 1 is 1.14 bits per heavy atom. The van der Waals surface area contributed by atoms with Gasteiger partial charge in [0.05, 0.1) is 0 Å². The Kier molecular flexibility index (Phi) is 9.76. The largest absolute Gasteiger partial charge is 0.444 e. The third-order valence-electron chi connectivity index (χ3n) is 6.28. The van der Waals surface area contributed by atoms with Gasteiger partial charge in [0.2, 0.25) is 11.8 Å². The third kappa shape index (κ3) is 8.25. The van der Waals surface area contributed by atoms with Crippen LogP contribution in [0.4, 0.5) is 4.79 Å². The molecule has 0 spiro atoms. The normalized spacial score (nSPS) is 19.9. The molecule has 196 valence electrons. The van der Waals surface area contributed by atoms with E-state index in [0.717, 1.165) is 30.4 Å². The Labute approximate surface area is 211 Å². The van der Waals surface area contributed by atoms with Gasteiger partial charge in [0.25, 0.3) is 0 Å². The van der Waals surface area contributed by atoms with Crippen molar-refractivity contribution in [3.63, 3.8) is 0 Å². The van der Waals surface area contributed by atoms with E-state index in [9.17, 15) is 14.4 Å². The monoisotopic (exact) mass is 487 g/mol. The first kappa shape index (κ1) is 28.7. The molecule has 1 aliphatic carbocycles. The van der Waals surface area contributed by atoms with Crippen LogP contribution in [0.25, 0.3) is 0 Å². The van der Waals surface area contributed by atoms with Gasteiger partial charge >= 0.3 is 6.09 Å². The zero-order chi connectivity index (χ0) is 26.5. The topological polar surface area (TPSA) is 87.7 Å². The van der Waals surface area contributed by atoms with E-state index in [2.05, 4.69) is 24.5 Å². The number of hydrogen-bond donors (Lipinski definition) is 2. The Balaban J connectivity index is 2.47. The van der Waals surface area contributed by atoms with Gasteiger partial charge in [0.15, 0.2) is 0 Å². The van der Waals surface area contributed by atoms with Gasteiger partial charge in [-0.3, -0.25) is 9.59 Å². The zero-order valence-corrected chi connectivity index (χ0v) is 23.0. The van der Waals surface area contributed by atoms with Crippen LogP contribution in [-0.2, 0) is 14.3 Å². The summed E-state index contributed by atoms with van der Waals surface area (Å²) < 4.78 is 5.43. The van der Waals surface area contributed by atoms with Gasteiger partial charge in [-0.05, 0) is 64.9 Å². The molecule has 5 atom stereocenters. The van der Waals surface area contributed by atoms with Crippen LogP contribution in [0.3, 0.4) is 0 Å². The molecule has 0 saturated heterocycles. The standard InChI is InChI=1S/C28H45N3O4/c1-10-12-20(6)29-25(32)24(21-14-11-13-18(4)15-21)31(22-16-19(22)5)26(33)23(17(2)3)30-27(34)35-28(7,8)9/h11,13-15,17,19-20,22-24H,10,12,16H2,1-9H3,(H,29,32)(H,30,34). The lowest BCUT2D eigenvalue weighted by Gasteiger charge is -2.36. The van der Waals surface area contributed by atoms with Crippen LogP contribution in [0.5, 0.6) is 0 Å². The van der Waals surface area contributed by atoms with Gasteiger partial charge in [0.1, 0.15) is 17.7 Å². The summed E-state index contributed by atoms with van der Waals surface area (Å²) in [5.74, 6) is -0.359. The molecule has 0 aromatic heterocycles. The Hall–Kier alpha value is -2.57. The van der Waals surface area contributed by atoms with Crippen LogP contribution in [0.1, 0.15) is 91.8 Å². The number of carbonyl (C=O) groups excluding carboxylic acids is 3. The van der Waals surface area contributed by atoms with Crippen LogP contribution in [0, 0.1) is 18.8 Å². The highest BCUT2D eigenvalue weighted by atomic mass is 16.6. The molecule has 2 N–H and O–H groups in total. The van der Waals surface area contributed by atoms with Crippen LogP contribution < -0.4 is 10.6 Å². The van der Waals surface area contributed by atoms with E-state index >= 15 is 0 Å². The summed E-state index contributed by atoms with van der Waals surface area (Å²) in [6.07, 6.45) is 1.99. The van der Waals surface area contributed by atoms with Gasteiger partial charge in [-0.2, -0.15) is 0 Å². The number of hydrogen-bond acceptors (Lipinski definition) is 4. The van der Waals surface area contributed by atoms with E-state index < -0.39 is 23.8 Å². The highest BCUT2D eigenvalue weighted by molar-refractivity contribution is 5.93. The molecule has 2 rings (SSSR count). The van der Waals surface area contributed by atoms with Gasteiger partial charge in [-0.1, -0.05) is 63.9 Å². The van der Waals surface area contributed by atoms with Crippen LogP contribution >= 0.6 is 0 Å². The summed E-state index contributed by atoms with van der Waals surface area (Å²) in [7, 11) is 0. The lowest BCUT2D eigenvalue weighted by molar-refractivity contribution is -0.144. The van der Waals surface area contributed by atoms with Gasteiger partial charge in [0, 0.05) is 12.1 Å². The zero-order valence-electron chi connectivity index (χ0n) is 23.0. The first-order chi connectivity index (χ1) is 16.2. The molecule has 1 aromatic carbocycles. The second-order valence-corrected chi connectivity index (χ2v) is 11.4. The minimum atomic E-state index is -0.814. The van der Waals surface area contributed by atoms with Gasteiger partial charge in [-0.15, -0.1) is 0 Å². The third-order valence-corrected chi connectivity index (χ3v) is 6.28. The first-order valence-electron chi connectivity index (χ1n) is 12.9. The van der Waals surface area contributed by atoms with Crippen molar-refractivity contribution in [1.29, 1.82) is 0 Å². The summed E-state index contributed by atoms with van der Waals surface area (Å²) >= 11 is 0. The number of ether oxygens (including phenoxy) is 1. The Bertz CT molecular complexity index is 892. The molecule has 0 heterocycles. The molecular weight excluding hydrogens is 442 g/mol. The van der Waals surface area contributed by atoms with E-state index in [-0.39, 0.29) is 35.7 Å².